The van der Waals surface area contributed by atoms with Crippen molar-refractivity contribution in [3.63, 3.8) is 0 Å². The number of pyridine rings is 1. The molecule has 1 aromatic heterocycles. The Labute approximate surface area is 129 Å². The van der Waals surface area contributed by atoms with Gasteiger partial charge in [-0.2, -0.15) is 0 Å². The molecule has 0 saturated heterocycles. The summed E-state index contributed by atoms with van der Waals surface area (Å²) in [5, 5.41) is 24.3. The normalized spacial score (nSPS) is 13.8. The van der Waals surface area contributed by atoms with Gasteiger partial charge in [-0.3, -0.25) is 15.1 Å². The van der Waals surface area contributed by atoms with Gasteiger partial charge >= 0.3 is 0 Å². The number of nitro groups is 1. The molecule has 6 nitrogen and oxygen atoms in total. The SMILES string of the molecule is CCC(CC(C)CO)Nc1ccc([N+](=O)[O-])c2cccnc12. The molecule has 1 heterocycles. The standard InChI is InChI=1S/C16H21N3O3/c1-3-12(9-11(2)10-20)18-14-6-7-15(19(21)22)13-5-4-8-17-16(13)14/h4-8,11-12,18,20H,3,9-10H2,1-2H3. The van der Waals surface area contributed by atoms with Crippen LogP contribution in [-0.4, -0.2) is 27.7 Å². The molecule has 0 radical (unpaired) electrons. The minimum absolute atomic E-state index is 0.0606. The van der Waals surface area contributed by atoms with Crippen LogP contribution in [0.3, 0.4) is 0 Å². The molecule has 0 aliphatic heterocycles. The number of non-ortho nitro benzene ring substituents is 1. The van der Waals surface area contributed by atoms with Gasteiger partial charge in [0.25, 0.3) is 5.69 Å². The van der Waals surface area contributed by atoms with Crippen molar-refractivity contribution in [2.75, 3.05) is 11.9 Å². The van der Waals surface area contributed by atoms with Gasteiger partial charge < -0.3 is 10.4 Å². The number of rotatable bonds is 7. The zero-order valence-electron chi connectivity index (χ0n) is 12.8. The zero-order valence-corrected chi connectivity index (χ0v) is 12.8. The van der Waals surface area contributed by atoms with Gasteiger partial charge in [-0.15, -0.1) is 0 Å². The molecule has 22 heavy (non-hydrogen) atoms. The van der Waals surface area contributed by atoms with Crippen molar-refractivity contribution in [2.24, 2.45) is 5.92 Å². The van der Waals surface area contributed by atoms with Gasteiger partial charge in [-0.1, -0.05) is 13.8 Å². The van der Waals surface area contributed by atoms with Gasteiger partial charge in [0.15, 0.2) is 0 Å². The maximum atomic E-state index is 11.1. The maximum absolute atomic E-state index is 11.1. The molecule has 0 saturated carbocycles. The summed E-state index contributed by atoms with van der Waals surface area (Å²) in [6.07, 6.45) is 3.36. The summed E-state index contributed by atoms with van der Waals surface area (Å²) in [6, 6.07) is 6.82. The molecule has 0 aliphatic carbocycles. The second kappa shape index (κ2) is 7.17. The van der Waals surface area contributed by atoms with Gasteiger partial charge in [0.05, 0.1) is 16.0 Å². The average Bonchev–Trinajstić information content (AvgIpc) is 2.53. The first-order chi connectivity index (χ1) is 10.6. The first kappa shape index (κ1) is 16.2. The minimum atomic E-state index is -0.390. The smallest absolute Gasteiger partial charge is 0.278 e. The highest BCUT2D eigenvalue weighted by atomic mass is 16.6. The highest BCUT2D eigenvalue weighted by Crippen LogP contribution is 2.30. The summed E-state index contributed by atoms with van der Waals surface area (Å²) in [6.45, 7) is 4.22. The quantitative estimate of drug-likeness (QED) is 0.605. The Bertz CT molecular complexity index is 660. The molecule has 1 aromatic carbocycles. The Morgan fingerprint density at radius 1 is 1.41 bits per heavy atom. The molecule has 118 valence electrons. The van der Waals surface area contributed by atoms with E-state index >= 15 is 0 Å². The van der Waals surface area contributed by atoms with Crippen LogP contribution in [-0.2, 0) is 0 Å². The van der Waals surface area contributed by atoms with Crippen LogP contribution >= 0.6 is 0 Å². The summed E-state index contributed by atoms with van der Waals surface area (Å²) in [5.41, 5.74) is 1.45. The van der Waals surface area contributed by atoms with E-state index in [2.05, 4.69) is 17.2 Å². The van der Waals surface area contributed by atoms with Gasteiger partial charge in [-0.05, 0) is 37.0 Å². The lowest BCUT2D eigenvalue weighted by atomic mass is 10.00. The number of aliphatic hydroxyl groups is 1. The van der Waals surface area contributed by atoms with E-state index in [1.54, 1.807) is 24.4 Å². The van der Waals surface area contributed by atoms with E-state index in [0.717, 1.165) is 18.5 Å². The van der Waals surface area contributed by atoms with Gasteiger partial charge in [0.1, 0.15) is 5.52 Å². The summed E-state index contributed by atoms with van der Waals surface area (Å²) >= 11 is 0. The number of aliphatic hydroxyl groups excluding tert-OH is 1. The number of fused-ring (bicyclic) bond motifs is 1. The predicted molar refractivity (Wildman–Crippen MR) is 87.0 cm³/mol. The van der Waals surface area contributed by atoms with Crippen molar-refractivity contribution in [3.05, 3.63) is 40.6 Å². The maximum Gasteiger partial charge on any atom is 0.278 e. The third-order valence-corrected chi connectivity index (χ3v) is 3.79. The van der Waals surface area contributed by atoms with E-state index in [9.17, 15) is 15.2 Å². The van der Waals surface area contributed by atoms with Crippen molar-refractivity contribution in [1.29, 1.82) is 0 Å². The molecule has 0 fully saturated rings. The lowest BCUT2D eigenvalue weighted by Gasteiger charge is -2.21. The average molecular weight is 303 g/mol. The van der Waals surface area contributed by atoms with Crippen molar-refractivity contribution in [1.82, 2.24) is 4.98 Å². The van der Waals surface area contributed by atoms with E-state index in [0.29, 0.717) is 10.9 Å². The van der Waals surface area contributed by atoms with Gasteiger partial charge in [-0.25, -0.2) is 0 Å². The fraction of sp³-hybridized carbons (Fsp3) is 0.438. The molecular weight excluding hydrogens is 282 g/mol. The number of aromatic nitrogens is 1. The van der Waals surface area contributed by atoms with Crippen LogP contribution in [0, 0.1) is 16.0 Å². The summed E-state index contributed by atoms with van der Waals surface area (Å²) < 4.78 is 0. The number of nitro benzene ring substituents is 1. The molecular formula is C16H21N3O3. The Morgan fingerprint density at radius 3 is 2.82 bits per heavy atom. The van der Waals surface area contributed by atoms with Crippen LogP contribution < -0.4 is 5.32 Å². The van der Waals surface area contributed by atoms with Crippen LogP contribution in [0.4, 0.5) is 11.4 Å². The van der Waals surface area contributed by atoms with Crippen molar-refractivity contribution in [3.8, 4) is 0 Å². The first-order valence-corrected chi connectivity index (χ1v) is 7.46. The lowest BCUT2D eigenvalue weighted by molar-refractivity contribution is -0.383. The second-order valence-corrected chi connectivity index (χ2v) is 5.56. The summed E-state index contributed by atoms with van der Waals surface area (Å²) in [4.78, 5) is 15.0. The highest BCUT2D eigenvalue weighted by Gasteiger charge is 2.17. The van der Waals surface area contributed by atoms with Crippen molar-refractivity contribution in [2.45, 2.75) is 32.7 Å². The van der Waals surface area contributed by atoms with E-state index in [-0.39, 0.29) is 29.2 Å². The topological polar surface area (TPSA) is 88.3 Å². The third-order valence-electron chi connectivity index (χ3n) is 3.79. The van der Waals surface area contributed by atoms with Gasteiger partial charge in [0.2, 0.25) is 0 Å². The second-order valence-electron chi connectivity index (χ2n) is 5.56. The molecule has 0 amide bonds. The molecule has 6 heteroatoms. The number of nitrogens with zero attached hydrogens (tertiary/aromatic N) is 2. The van der Waals surface area contributed by atoms with Crippen LogP contribution in [0.1, 0.15) is 26.7 Å². The van der Waals surface area contributed by atoms with Crippen molar-refractivity contribution >= 4 is 22.3 Å². The van der Waals surface area contributed by atoms with Crippen LogP contribution in [0.25, 0.3) is 10.9 Å². The van der Waals surface area contributed by atoms with E-state index in [1.807, 2.05) is 6.92 Å². The third kappa shape index (κ3) is 3.51. The Balaban J connectivity index is 2.35. The van der Waals surface area contributed by atoms with E-state index < -0.39 is 0 Å². The monoisotopic (exact) mass is 303 g/mol. The molecule has 2 N–H and O–H groups in total. The highest BCUT2D eigenvalue weighted by molar-refractivity contribution is 5.96. The van der Waals surface area contributed by atoms with E-state index in [1.165, 1.54) is 6.07 Å². The Hall–Kier alpha value is -2.21. The Morgan fingerprint density at radius 2 is 2.18 bits per heavy atom. The van der Waals surface area contributed by atoms with Crippen molar-refractivity contribution < 1.29 is 10.0 Å². The minimum Gasteiger partial charge on any atom is -0.396 e. The number of hydrogen-bond acceptors (Lipinski definition) is 5. The fourth-order valence-electron chi connectivity index (χ4n) is 2.54. The number of hydrogen-bond donors (Lipinski definition) is 2. The number of benzene rings is 1. The molecule has 2 aromatic rings. The van der Waals surface area contributed by atoms with E-state index in [4.69, 9.17) is 0 Å². The molecule has 0 aliphatic rings. The first-order valence-electron chi connectivity index (χ1n) is 7.46. The molecule has 2 rings (SSSR count). The summed E-state index contributed by atoms with van der Waals surface area (Å²) in [7, 11) is 0. The van der Waals surface area contributed by atoms with Gasteiger partial charge in [0, 0.05) is 24.9 Å². The largest absolute Gasteiger partial charge is 0.396 e. The molecule has 0 spiro atoms. The number of anilines is 1. The van der Waals surface area contributed by atoms with Crippen LogP contribution in [0.5, 0.6) is 0 Å². The predicted octanol–water partition coefficient (Wildman–Crippen LogP) is 3.35. The Kier molecular flexibility index (Phi) is 5.27. The lowest BCUT2D eigenvalue weighted by Crippen LogP contribution is -2.22. The molecule has 2 unspecified atom stereocenters. The summed E-state index contributed by atoms with van der Waals surface area (Å²) in [5.74, 6) is 0.203. The number of nitrogens with one attached hydrogen (secondary N) is 1. The fourth-order valence-corrected chi connectivity index (χ4v) is 2.54. The molecule has 0 bridgehead atoms. The zero-order chi connectivity index (χ0) is 16.1. The molecule has 2 atom stereocenters. The van der Waals surface area contributed by atoms with Crippen LogP contribution in [0.15, 0.2) is 30.5 Å². The van der Waals surface area contributed by atoms with Crippen LogP contribution in [0.2, 0.25) is 0 Å².